The van der Waals surface area contributed by atoms with E-state index in [9.17, 15) is 0 Å². The molecule has 0 spiro atoms. The summed E-state index contributed by atoms with van der Waals surface area (Å²) >= 11 is 7.63. The Balaban J connectivity index is 2.21. The van der Waals surface area contributed by atoms with Crippen molar-refractivity contribution in [2.75, 3.05) is 0 Å². The molecule has 18 heavy (non-hydrogen) atoms. The fourth-order valence-corrected chi connectivity index (χ4v) is 3.67. The molecule has 0 nitrogen and oxygen atoms in total. The Kier molecular flexibility index (Phi) is 3.58. The van der Waals surface area contributed by atoms with E-state index >= 15 is 0 Å². The van der Waals surface area contributed by atoms with Crippen molar-refractivity contribution in [3.05, 3.63) is 59.7 Å². The molecule has 0 saturated carbocycles. The van der Waals surface area contributed by atoms with E-state index in [0.29, 0.717) is 9.65 Å². The van der Waals surface area contributed by atoms with E-state index in [0.717, 1.165) is 12.8 Å². The Bertz CT molecular complexity index is 511. The summed E-state index contributed by atoms with van der Waals surface area (Å²) in [5.74, 6) is 0. The van der Waals surface area contributed by atoms with Crippen LogP contribution in [0.1, 0.15) is 11.1 Å². The summed E-state index contributed by atoms with van der Waals surface area (Å²) in [6.45, 7) is 0. The molecule has 1 aliphatic carbocycles. The van der Waals surface area contributed by atoms with Crippen LogP contribution in [0.4, 0.5) is 0 Å². The lowest BCUT2D eigenvalue weighted by Crippen LogP contribution is -2.21. The summed E-state index contributed by atoms with van der Waals surface area (Å²) in [6.07, 6.45) is 2.14. The van der Waals surface area contributed by atoms with Gasteiger partial charge in [0.2, 0.25) is 0 Å². The van der Waals surface area contributed by atoms with E-state index in [1.165, 1.54) is 22.3 Å². The summed E-state index contributed by atoms with van der Waals surface area (Å²) < 4.78 is 0. The lowest BCUT2D eigenvalue weighted by molar-refractivity contribution is 0.787. The maximum absolute atomic E-state index is 3.81. The highest BCUT2D eigenvalue weighted by Crippen LogP contribution is 2.35. The van der Waals surface area contributed by atoms with E-state index in [2.05, 4.69) is 80.4 Å². The van der Waals surface area contributed by atoms with Crippen molar-refractivity contribution >= 4 is 31.9 Å². The summed E-state index contributed by atoms with van der Waals surface area (Å²) in [6, 6.07) is 17.5. The number of fused-ring (bicyclic) bond motifs is 3. The quantitative estimate of drug-likeness (QED) is 0.577. The van der Waals surface area contributed by atoms with Crippen LogP contribution < -0.4 is 0 Å². The maximum atomic E-state index is 3.81. The van der Waals surface area contributed by atoms with E-state index in [1.54, 1.807) is 0 Å². The van der Waals surface area contributed by atoms with Gasteiger partial charge in [0.25, 0.3) is 0 Å². The van der Waals surface area contributed by atoms with Crippen molar-refractivity contribution in [1.82, 2.24) is 0 Å². The van der Waals surface area contributed by atoms with Gasteiger partial charge in [-0.05, 0) is 35.1 Å². The minimum Gasteiger partial charge on any atom is -0.0875 e. The fourth-order valence-electron chi connectivity index (χ4n) is 2.60. The smallest absolute Gasteiger partial charge is 0.0314 e. The van der Waals surface area contributed by atoms with Crippen molar-refractivity contribution in [1.29, 1.82) is 0 Å². The highest BCUT2D eigenvalue weighted by Gasteiger charge is 2.23. The predicted octanol–water partition coefficient (Wildman–Crippen LogP) is 4.98. The van der Waals surface area contributed by atoms with Gasteiger partial charge in [-0.1, -0.05) is 80.4 Å². The summed E-state index contributed by atoms with van der Waals surface area (Å²) in [4.78, 5) is 0.957. The molecule has 0 fully saturated rings. The Morgan fingerprint density at radius 3 is 1.50 bits per heavy atom. The van der Waals surface area contributed by atoms with Crippen molar-refractivity contribution in [2.24, 2.45) is 0 Å². The van der Waals surface area contributed by atoms with Crippen LogP contribution in [0.25, 0.3) is 11.1 Å². The van der Waals surface area contributed by atoms with Crippen molar-refractivity contribution in [3.8, 4) is 11.1 Å². The average molecular weight is 366 g/mol. The molecule has 0 heterocycles. The van der Waals surface area contributed by atoms with Gasteiger partial charge in [-0.3, -0.25) is 0 Å². The molecule has 0 aromatic heterocycles. The summed E-state index contributed by atoms with van der Waals surface area (Å²) in [5.41, 5.74) is 5.63. The van der Waals surface area contributed by atoms with Crippen LogP contribution in [-0.4, -0.2) is 9.65 Å². The van der Waals surface area contributed by atoms with Gasteiger partial charge >= 0.3 is 0 Å². The fraction of sp³-hybridized carbons (Fsp3) is 0.250. The number of rotatable bonds is 0. The monoisotopic (exact) mass is 364 g/mol. The first-order valence-corrected chi connectivity index (χ1v) is 8.03. The number of alkyl halides is 2. The molecule has 3 rings (SSSR count). The molecule has 0 radical (unpaired) electrons. The summed E-state index contributed by atoms with van der Waals surface area (Å²) in [5, 5.41) is 0. The number of hydrogen-bond donors (Lipinski definition) is 0. The van der Waals surface area contributed by atoms with Gasteiger partial charge in [0.05, 0.1) is 0 Å². The van der Waals surface area contributed by atoms with Gasteiger partial charge in [-0.15, -0.1) is 0 Å². The lowest BCUT2D eigenvalue weighted by atomic mass is 9.88. The molecule has 2 heteroatoms. The van der Waals surface area contributed by atoms with Crippen LogP contribution in [0.5, 0.6) is 0 Å². The van der Waals surface area contributed by atoms with Crippen LogP contribution >= 0.6 is 31.9 Å². The second kappa shape index (κ2) is 5.18. The third-order valence-corrected chi connectivity index (χ3v) is 6.18. The molecule has 0 saturated heterocycles. The molecule has 1 aliphatic rings. The topological polar surface area (TPSA) is 0 Å². The average Bonchev–Trinajstić information content (AvgIpc) is 2.39. The number of benzene rings is 2. The van der Waals surface area contributed by atoms with Gasteiger partial charge in [0.15, 0.2) is 0 Å². The number of hydrogen-bond acceptors (Lipinski definition) is 0. The molecule has 0 unspecified atom stereocenters. The summed E-state index contributed by atoms with van der Waals surface area (Å²) in [7, 11) is 0. The molecular formula is C16H14Br2. The van der Waals surface area contributed by atoms with Crippen molar-refractivity contribution < 1.29 is 0 Å². The van der Waals surface area contributed by atoms with Crippen LogP contribution in [-0.2, 0) is 12.8 Å². The first-order valence-electron chi connectivity index (χ1n) is 6.20. The predicted molar refractivity (Wildman–Crippen MR) is 84.7 cm³/mol. The molecule has 92 valence electrons. The van der Waals surface area contributed by atoms with E-state index < -0.39 is 0 Å². The minimum absolute atomic E-state index is 0.479. The largest absolute Gasteiger partial charge is 0.0875 e. The Morgan fingerprint density at radius 1 is 0.667 bits per heavy atom. The van der Waals surface area contributed by atoms with Gasteiger partial charge in [-0.25, -0.2) is 0 Å². The van der Waals surface area contributed by atoms with Gasteiger partial charge in [0, 0.05) is 9.65 Å². The zero-order chi connectivity index (χ0) is 12.5. The van der Waals surface area contributed by atoms with Crippen LogP contribution in [0.2, 0.25) is 0 Å². The highest BCUT2D eigenvalue weighted by atomic mass is 79.9. The molecule has 0 N–H and O–H groups in total. The van der Waals surface area contributed by atoms with Crippen molar-refractivity contribution in [3.63, 3.8) is 0 Å². The zero-order valence-corrected chi connectivity index (χ0v) is 13.1. The normalized spacial score (nSPS) is 22.6. The third kappa shape index (κ3) is 2.28. The van der Waals surface area contributed by atoms with Gasteiger partial charge in [-0.2, -0.15) is 0 Å². The first-order chi connectivity index (χ1) is 8.75. The molecule has 2 aromatic carbocycles. The Hall–Kier alpha value is -0.600. The minimum atomic E-state index is 0.479. The molecule has 2 aromatic rings. The Labute approximate surface area is 125 Å². The zero-order valence-electron chi connectivity index (χ0n) is 9.94. The van der Waals surface area contributed by atoms with Crippen molar-refractivity contribution in [2.45, 2.75) is 22.5 Å². The van der Waals surface area contributed by atoms with E-state index in [1.807, 2.05) is 0 Å². The second-order valence-electron chi connectivity index (χ2n) is 4.75. The van der Waals surface area contributed by atoms with Gasteiger partial charge < -0.3 is 0 Å². The van der Waals surface area contributed by atoms with E-state index in [4.69, 9.17) is 0 Å². The molecule has 0 aliphatic heterocycles. The van der Waals surface area contributed by atoms with Crippen LogP contribution in [0.3, 0.4) is 0 Å². The Morgan fingerprint density at radius 2 is 1.06 bits per heavy atom. The third-order valence-electron chi connectivity index (χ3n) is 3.55. The molecular weight excluding hydrogens is 352 g/mol. The standard InChI is InChI=1S/C16H14Br2/c17-15-9-11-5-1-3-7-13(11)14-8-4-2-6-12(14)10-16(15)18/h1-8,15-16H,9-10H2/t15-,16-/m1/s1. The van der Waals surface area contributed by atoms with E-state index in [-0.39, 0.29) is 0 Å². The molecule has 0 bridgehead atoms. The van der Waals surface area contributed by atoms with Crippen LogP contribution in [0, 0.1) is 0 Å². The SMILES string of the molecule is Br[C@@H]1Cc2ccccc2-c2ccccc2C[C@H]1Br. The highest BCUT2D eigenvalue weighted by molar-refractivity contribution is 9.12. The van der Waals surface area contributed by atoms with Gasteiger partial charge in [0.1, 0.15) is 0 Å². The van der Waals surface area contributed by atoms with Crippen LogP contribution in [0.15, 0.2) is 48.5 Å². The molecule has 2 atom stereocenters. The number of halogens is 2. The molecule has 0 amide bonds. The second-order valence-corrected chi connectivity index (χ2v) is 7.11. The lowest BCUT2D eigenvalue weighted by Gasteiger charge is -2.24. The first kappa shape index (κ1) is 12.4. The maximum Gasteiger partial charge on any atom is 0.0314 e.